The first kappa shape index (κ1) is 83.6. The summed E-state index contributed by atoms with van der Waals surface area (Å²) in [5.74, 6) is -0.321. The topological polar surface area (TPSA) is 366 Å². The summed E-state index contributed by atoms with van der Waals surface area (Å²) < 4.78 is 25.8. The molecule has 652 valence electrons. The van der Waals surface area contributed by atoms with Gasteiger partial charge in [0.25, 0.3) is 0 Å². The molecule has 7 aromatic rings. The normalized spacial score (nSPS) is 33.6. The fourth-order valence-corrected chi connectivity index (χ4v) is 25.3. The van der Waals surface area contributed by atoms with Gasteiger partial charge in [-0.25, -0.2) is 0 Å². The number of rotatable bonds is 9. The fraction of sp³-hybridized carbons (Fsp3) is 0.400. The third-order valence-corrected chi connectivity index (χ3v) is 31.9. The van der Waals surface area contributed by atoms with Crippen molar-refractivity contribution < 1.29 is 71.7 Å². The maximum Gasteiger partial charge on any atom is 0.221 e. The van der Waals surface area contributed by atoms with E-state index in [1.54, 1.807) is 31.0 Å². The lowest BCUT2D eigenvalue weighted by Gasteiger charge is -2.47. The smallest absolute Gasteiger partial charge is 0.221 e. The van der Waals surface area contributed by atoms with Crippen molar-refractivity contribution in [2.45, 2.75) is 179 Å². The van der Waals surface area contributed by atoms with Crippen molar-refractivity contribution in [2.75, 3.05) is 13.6 Å². The highest BCUT2D eigenvalue weighted by Crippen LogP contribution is 2.65. The molecule has 6 saturated carbocycles. The van der Waals surface area contributed by atoms with E-state index in [9.17, 15) is 52.7 Å². The van der Waals surface area contributed by atoms with Crippen molar-refractivity contribution in [3.8, 4) is 0 Å². The summed E-state index contributed by atoms with van der Waals surface area (Å²) in [6, 6.07) is 28.2. The summed E-state index contributed by atoms with van der Waals surface area (Å²) in [4.78, 5) is 156. The van der Waals surface area contributed by atoms with E-state index in [0.717, 1.165) is 127 Å². The third-order valence-electron chi connectivity index (χ3n) is 31.9. The van der Waals surface area contributed by atoms with Crippen molar-refractivity contribution in [1.82, 2.24) is 25.3 Å². The quantitative estimate of drug-likeness (QED) is 0.104. The Hall–Kier alpha value is -12.6. The number of nitrogens with one attached hydrogen (secondary N) is 1. The van der Waals surface area contributed by atoms with E-state index in [2.05, 4.69) is 95.4 Å². The van der Waals surface area contributed by atoms with Crippen LogP contribution >= 0.6 is 0 Å². The van der Waals surface area contributed by atoms with Gasteiger partial charge in [-0.15, -0.1) is 0 Å². The van der Waals surface area contributed by atoms with E-state index in [-0.39, 0.29) is 159 Å². The number of ether oxygens (including phenoxy) is 4. The highest BCUT2D eigenvalue weighted by atomic mass is 16.5. The number of ketones is 8. The molecule has 23 rings (SSSR count). The molecule has 7 N–H and O–H groups in total. The monoisotopic (exact) mass is 1710 g/mol. The maximum atomic E-state index is 13.5. The molecular weight excluding hydrogens is 1610 g/mol. The predicted octanol–water partition coefficient (Wildman–Crippen LogP) is 14.1. The molecule has 3 aromatic carbocycles. The molecule has 0 radical (unpaired) electrons. The zero-order valence-electron chi connectivity index (χ0n) is 72.2. The molecule has 128 heavy (non-hydrogen) atoms. The van der Waals surface area contributed by atoms with Crippen molar-refractivity contribution in [3.63, 3.8) is 0 Å². The molecule has 4 aromatic heterocycles. The van der Waals surface area contributed by atoms with E-state index in [4.69, 9.17) is 36.1 Å². The van der Waals surface area contributed by atoms with Gasteiger partial charge in [-0.2, -0.15) is 0 Å². The SMILES string of the molecule is CNCC1CC(=O)C2=C(C1)O[C@@H]1C(=C2)C=C[C@]2(C)[C@@H](c3ccc4ccncc4c3)C(=O)C[C@@H]12.C[C@]12C=CC3=CC4=C(CC(C(N)=O)CC4=O)O[C@H]3[C@@H]1CC(=O)[C@@H]2c1cccc2cnccc12.C[C@]12CCC3=CC4=C(CC(C(N)=O)CC4=O)O[C@H]3[C@@H]1CC(=O)[C@@H]2c1cccc2cnccc12.C[C@]12CCC3=CC4=C(CC(C(N)=O)CC4=O)O[C@H]3[C@@H]1CC(=O)[C@@H]2c1cccnc1. The minimum atomic E-state index is -0.543. The number of nitrogens with two attached hydrogens (primary N) is 3. The maximum absolute atomic E-state index is 13.5. The number of hydrogen-bond acceptors (Lipinski definition) is 20. The highest BCUT2D eigenvalue weighted by molar-refractivity contribution is 6.06. The number of amides is 3. The predicted molar refractivity (Wildman–Crippen MR) is 474 cm³/mol. The first-order valence-corrected chi connectivity index (χ1v) is 45.1. The molecular formula is C105H102N8O15. The van der Waals surface area contributed by atoms with Crippen molar-refractivity contribution in [2.24, 2.45) is 86.2 Å². The first-order chi connectivity index (χ1) is 61.6. The number of primary amides is 3. The number of carbonyl (C=O) groups excluding carboxylic acids is 11. The third kappa shape index (κ3) is 13.9. The lowest BCUT2D eigenvalue weighted by molar-refractivity contribution is -0.127. The number of nitrogens with zero attached hydrogens (tertiary/aromatic N) is 4. The molecule has 4 unspecified atom stereocenters. The van der Waals surface area contributed by atoms with Crippen LogP contribution in [0.15, 0.2) is 251 Å². The Morgan fingerprint density at radius 1 is 0.398 bits per heavy atom. The number of benzene rings is 3. The van der Waals surface area contributed by atoms with Crippen LogP contribution in [0.4, 0.5) is 0 Å². The summed E-state index contributed by atoms with van der Waals surface area (Å²) >= 11 is 0. The second kappa shape index (κ2) is 32.0. The van der Waals surface area contributed by atoms with Crippen molar-refractivity contribution in [3.05, 3.63) is 273 Å². The van der Waals surface area contributed by atoms with Gasteiger partial charge < -0.3 is 41.5 Å². The molecule has 6 fully saturated rings. The summed E-state index contributed by atoms with van der Waals surface area (Å²) in [5, 5.41) is 9.53. The molecule has 16 aliphatic rings. The lowest BCUT2D eigenvalue weighted by atomic mass is 9.60. The Labute approximate surface area is 740 Å². The summed E-state index contributed by atoms with van der Waals surface area (Å²) in [6.07, 6.45) is 37.5. The Morgan fingerprint density at radius 3 is 1.34 bits per heavy atom. The Bertz CT molecular complexity index is 6390. The number of hydrogen-bond donors (Lipinski definition) is 4. The van der Waals surface area contributed by atoms with Crippen LogP contribution in [-0.4, -0.2) is 122 Å². The Morgan fingerprint density at radius 2 is 0.828 bits per heavy atom. The minimum absolute atomic E-state index is 0.0187. The Kier molecular flexibility index (Phi) is 20.9. The second-order valence-electron chi connectivity index (χ2n) is 39.2. The van der Waals surface area contributed by atoms with Crippen LogP contribution in [0.5, 0.6) is 0 Å². The molecule has 3 amide bonds. The molecule has 0 saturated heterocycles. The molecule has 23 nitrogen and oxygen atoms in total. The van der Waals surface area contributed by atoms with Crippen LogP contribution < -0.4 is 22.5 Å². The average molecular weight is 1720 g/mol. The van der Waals surface area contributed by atoms with E-state index >= 15 is 0 Å². The largest absolute Gasteiger partial charge is 0.489 e. The van der Waals surface area contributed by atoms with Crippen LogP contribution in [0.1, 0.15) is 176 Å². The van der Waals surface area contributed by atoms with Crippen LogP contribution in [0, 0.1) is 69.0 Å². The second-order valence-corrected chi connectivity index (χ2v) is 39.2. The first-order valence-electron chi connectivity index (χ1n) is 45.1. The van der Waals surface area contributed by atoms with Gasteiger partial charge in [0.2, 0.25) is 17.7 Å². The fourth-order valence-electron chi connectivity index (χ4n) is 25.3. The molecule has 12 aliphatic carbocycles. The Balaban J connectivity index is 0.000000107. The lowest BCUT2D eigenvalue weighted by Crippen LogP contribution is -2.44. The van der Waals surface area contributed by atoms with Crippen LogP contribution in [0.25, 0.3) is 32.3 Å². The van der Waals surface area contributed by atoms with Crippen molar-refractivity contribution in [1.29, 1.82) is 0 Å². The molecule has 8 heterocycles. The van der Waals surface area contributed by atoms with E-state index < -0.39 is 40.9 Å². The van der Waals surface area contributed by atoms with Gasteiger partial charge in [0, 0.05) is 189 Å². The number of pyridine rings is 4. The zero-order valence-corrected chi connectivity index (χ0v) is 72.2. The average Bonchev–Trinajstić information content (AvgIpc) is 1.56. The van der Waals surface area contributed by atoms with E-state index in [1.807, 2.05) is 117 Å². The van der Waals surface area contributed by atoms with Gasteiger partial charge >= 0.3 is 0 Å². The number of carbonyl (C=O) groups is 11. The molecule has 23 heteroatoms. The van der Waals surface area contributed by atoms with Gasteiger partial charge in [-0.05, 0) is 171 Å². The van der Waals surface area contributed by atoms with E-state index in [1.165, 1.54) is 0 Å². The number of aromatic nitrogens is 4. The van der Waals surface area contributed by atoms with Crippen LogP contribution in [0.3, 0.4) is 0 Å². The standard InChI is InChI=1S/C28H28N2O3.C27H26N2O4.C27H24N2O4.C23H24N2O4/c1-28-7-5-19-12-21-23(31)9-16(14-29-2)10-25(21)33-27(19)22(28)13-24(32)26(28)18-4-3-17-6-8-30-15-20(17)11-18;2*1-27-7-5-14-9-19-21(30)10-16(26(28)32)11-23(19)33-25(14)20(27)12-22(31)24(27)18-4-2-3-15-13-29-8-6-17(15)18;1-23-5-4-12-7-15-17(26)8-14(22(24)28)9-19(15)29-21(12)16(23)10-18(27)20(23)13-3-2-6-25-11-13/h3-8,11-12,15-16,22,26-27,29H,9-10,13-14H2,1-2H3;2-4,6,8-9,13,16,20,24-25H,5,7,10-12H2,1H3,(H2,28,32);2-9,13,16,20,24-25H,10-12H2,1H3,(H2,28,32);2-3,6-7,11,14,16,20-21H,4-5,8-10H2,1H3,(H2,24,28)/t16?,22-,26-,27+,28-;2*16?,20-,24-,25+,27-;14?,16-,20-,21+,23-/m0000/s1. The highest BCUT2D eigenvalue weighted by Gasteiger charge is 2.63. The van der Waals surface area contributed by atoms with Gasteiger partial charge in [0.15, 0.2) is 23.1 Å². The summed E-state index contributed by atoms with van der Waals surface area (Å²) in [7, 11) is 1.92. The van der Waals surface area contributed by atoms with Gasteiger partial charge in [-0.1, -0.05) is 107 Å². The van der Waals surface area contributed by atoms with Gasteiger partial charge in [0.1, 0.15) is 70.6 Å². The van der Waals surface area contributed by atoms with Gasteiger partial charge in [-0.3, -0.25) is 72.7 Å². The molecule has 4 aliphatic heterocycles. The van der Waals surface area contributed by atoms with E-state index in [0.29, 0.717) is 85.4 Å². The summed E-state index contributed by atoms with van der Waals surface area (Å²) in [6.45, 7) is 9.52. The number of allylic oxidation sites excluding steroid dienone is 14. The van der Waals surface area contributed by atoms with Crippen molar-refractivity contribution >= 4 is 96.3 Å². The minimum Gasteiger partial charge on any atom is -0.489 e. The van der Waals surface area contributed by atoms with Crippen LogP contribution in [0.2, 0.25) is 0 Å². The summed E-state index contributed by atoms with van der Waals surface area (Å²) in [5.41, 5.74) is 25.9. The van der Waals surface area contributed by atoms with Crippen LogP contribution in [-0.2, 0) is 71.7 Å². The van der Waals surface area contributed by atoms with Gasteiger partial charge in [0.05, 0.1) is 51.9 Å². The molecule has 20 atom stereocenters. The molecule has 0 spiro atoms. The number of Topliss-reactive ketones (excluding diaryl/α,β-unsaturated/α-hetero) is 8. The number of fused-ring (bicyclic) bond motifs is 15. The zero-order chi connectivity index (χ0) is 88.9. The molecule has 0 bridgehead atoms.